The van der Waals surface area contributed by atoms with E-state index in [4.69, 9.17) is 4.74 Å². The predicted octanol–water partition coefficient (Wildman–Crippen LogP) is 2.56. The van der Waals surface area contributed by atoms with Crippen LogP contribution in [0.1, 0.15) is 35.9 Å². The molecule has 0 aromatic carbocycles. The minimum absolute atomic E-state index is 0.295. The Hall–Kier alpha value is -1.10. The normalized spacial score (nSPS) is 14.7. The quantitative estimate of drug-likeness (QED) is 0.732. The van der Waals surface area contributed by atoms with Crippen molar-refractivity contribution in [3.05, 3.63) is 11.1 Å². The number of carbonyl (C=O) groups excluding carboxylic acids is 1. The van der Waals surface area contributed by atoms with Gasteiger partial charge in [0.05, 0.1) is 13.3 Å². The van der Waals surface area contributed by atoms with Crippen molar-refractivity contribution in [3.8, 4) is 0 Å². The molecule has 4 nitrogen and oxygen atoms in total. The molecule has 5 heteroatoms. The highest BCUT2D eigenvalue weighted by molar-refractivity contribution is 7.17. The molecule has 0 saturated heterocycles. The van der Waals surface area contributed by atoms with Crippen LogP contribution in [0.5, 0.6) is 0 Å². The number of aromatic nitrogens is 1. The number of carbonyl (C=O) groups is 1. The zero-order valence-electron chi connectivity index (χ0n) is 10.3. The van der Waals surface area contributed by atoms with E-state index < -0.39 is 0 Å². The second-order valence-corrected chi connectivity index (χ2v) is 5.40. The molecular weight excluding hydrogens is 236 g/mol. The summed E-state index contributed by atoms with van der Waals surface area (Å²) >= 11 is 1.42. The maximum Gasteiger partial charge on any atom is 0.349 e. The van der Waals surface area contributed by atoms with Crippen LogP contribution in [0, 0.1) is 5.92 Å². The molecule has 0 atom stereocenters. The van der Waals surface area contributed by atoms with Gasteiger partial charge in [0.25, 0.3) is 0 Å². The Morgan fingerprint density at radius 2 is 2.41 bits per heavy atom. The third kappa shape index (κ3) is 3.19. The van der Waals surface area contributed by atoms with Gasteiger partial charge in [-0.3, -0.25) is 0 Å². The van der Waals surface area contributed by atoms with Crippen molar-refractivity contribution >= 4 is 22.4 Å². The summed E-state index contributed by atoms with van der Waals surface area (Å²) in [4.78, 5) is 18.6. The molecule has 1 fully saturated rings. The van der Waals surface area contributed by atoms with Crippen molar-refractivity contribution in [2.24, 2.45) is 5.92 Å². The fraction of sp³-hybridized carbons (Fsp3) is 0.667. The summed E-state index contributed by atoms with van der Waals surface area (Å²) < 4.78 is 4.70. The second-order valence-electron chi connectivity index (χ2n) is 4.39. The van der Waals surface area contributed by atoms with Gasteiger partial charge in [0.1, 0.15) is 4.88 Å². The zero-order valence-corrected chi connectivity index (χ0v) is 11.1. The van der Waals surface area contributed by atoms with Gasteiger partial charge in [-0.05, 0) is 25.2 Å². The van der Waals surface area contributed by atoms with E-state index in [1.54, 1.807) is 6.20 Å². The van der Waals surface area contributed by atoms with Crippen LogP contribution >= 0.6 is 11.3 Å². The molecule has 2 rings (SSSR count). The lowest BCUT2D eigenvalue weighted by molar-refractivity contribution is 0.0606. The lowest BCUT2D eigenvalue weighted by Crippen LogP contribution is -2.26. The van der Waals surface area contributed by atoms with Crippen molar-refractivity contribution in [3.63, 3.8) is 0 Å². The van der Waals surface area contributed by atoms with Crippen LogP contribution < -0.4 is 4.90 Å². The maximum absolute atomic E-state index is 11.4. The van der Waals surface area contributed by atoms with Crippen LogP contribution in [0.3, 0.4) is 0 Å². The van der Waals surface area contributed by atoms with Crippen molar-refractivity contribution in [2.75, 3.05) is 25.1 Å². The molecule has 0 amide bonds. The maximum atomic E-state index is 11.4. The highest BCUT2D eigenvalue weighted by Gasteiger charge is 2.25. The number of anilines is 1. The van der Waals surface area contributed by atoms with E-state index in [1.807, 2.05) is 0 Å². The van der Waals surface area contributed by atoms with Crippen molar-refractivity contribution in [2.45, 2.75) is 26.2 Å². The molecule has 0 aliphatic heterocycles. The number of methoxy groups -OCH3 is 1. The summed E-state index contributed by atoms with van der Waals surface area (Å²) in [5.41, 5.74) is 0. The summed E-state index contributed by atoms with van der Waals surface area (Å²) in [5, 5.41) is 0.944. The van der Waals surface area contributed by atoms with Gasteiger partial charge in [-0.2, -0.15) is 0 Å². The minimum atomic E-state index is -0.295. The van der Waals surface area contributed by atoms with E-state index in [1.165, 1.54) is 31.3 Å². The summed E-state index contributed by atoms with van der Waals surface area (Å²) in [6.07, 6.45) is 5.37. The lowest BCUT2D eigenvalue weighted by atomic mass is 10.3. The van der Waals surface area contributed by atoms with Crippen molar-refractivity contribution in [1.82, 2.24) is 4.98 Å². The van der Waals surface area contributed by atoms with Gasteiger partial charge in [0.15, 0.2) is 5.13 Å². The fourth-order valence-electron chi connectivity index (χ4n) is 1.75. The van der Waals surface area contributed by atoms with Crippen LogP contribution in [0.4, 0.5) is 5.13 Å². The molecule has 1 heterocycles. The molecule has 0 radical (unpaired) electrons. The van der Waals surface area contributed by atoms with Gasteiger partial charge in [-0.25, -0.2) is 9.78 Å². The molecule has 1 aliphatic rings. The third-order valence-electron chi connectivity index (χ3n) is 2.82. The van der Waals surface area contributed by atoms with Gasteiger partial charge in [-0.1, -0.05) is 18.3 Å². The van der Waals surface area contributed by atoms with Crippen LogP contribution in [0.25, 0.3) is 0 Å². The number of hydrogen-bond donors (Lipinski definition) is 0. The number of thiazole rings is 1. The van der Waals surface area contributed by atoms with E-state index in [0.717, 1.165) is 30.6 Å². The van der Waals surface area contributed by atoms with Gasteiger partial charge < -0.3 is 9.64 Å². The van der Waals surface area contributed by atoms with Crippen LogP contribution in [-0.4, -0.2) is 31.2 Å². The van der Waals surface area contributed by atoms with E-state index in [0.29, 0.717) is 4.88 Å². The number of esters is 1. The number of rotatable bonds is 6. The third-order valence-corrected chi connectivity index (χ3v) is 3.86. The second kappa shape index (κ2) is 5.49. The van der Waals surface area contributed by atoms with Crippen molar-refractivity contribution in [1.29, 1.82) is 0 Å². The topological polar surface area (TPSA) is 42.4 Å². The van der Waals surface area contributed by atoms with Gasteiger partial charge in [-0.15, -0.1) is 0 Å². The Kier molecular flexibility index (Phi) is 3.99. The van der Waals surface area contributed by atoms with E-state index >= 15 is 0 Å². The summed E-state index contributed by atoms with van der Waals surface area (Å²) in [5.74, 6) is 0.531. The van der Waals surface area contributed by atoms with E-state index in [9.17, 15) is 4.79 Å². The first-order valence-corrected chi connectivity index (χ1v) is 6.85. The van der Waals surface area contributed by atoms with E-state index in [2.05, 4.69) is 16.8 Å². The molecule has 0 N–H and O–H groups in total. The van der Waals surface area contributed by atoms with Gasteiger partial charge >= 0.3 is 5.97 Å². The van der Waals surface area contributed by atoms with E-state index in [-0.39, 0.29) is 5.97 Å². The van der Waals surface area contributed by atoms with Crippen LogP contribution in [0.2, 0.25) is 0 Å². The largest absolute Gasteiger partial charge is 0.465 e. The van der Waals surface area contributed by atoms with Crippen molar-refractivity contribution < 1.29 is 9.53 Å². The molecule has 1 saturated carbocycles. The first-order valence-electron chi connectivity index (χ1n) is 6.03. The number of nitrogens with zero attached hydrogens (tertiary/aromatic N) is 2. The monoisotopic (exact) mass is 254 g/mol. The summed E-state index contributed by atoms with van der Waals surface area (Å²) in [7, 11) is 1.40. The smallest absolute Gasteiger partial charge is 0.349 e. The standard InChI is InChI=1S/C12H18N2O2S/c1-3-6-14(8-9-4-5-9)12-13-7-10(17-12)11(15)16-2/h7,9H,3-6,8H2,1-2H3. The van der Waals surface area contributed by atoms with Crippen LogP contribution in [0.15, 0.2) is 6.20 Å². The molecule has 0 bridgehead atoms. The highest BCUT2D eigenvalue weighted by atomic mass is 32.1. The first kappa shape index (κ1) is 12.4. The predicted molar refractivity (Wildman–Crippen MR) is 68.7 cm³/mol. The summed E-state index contributed by atoms with van der Waals surface area (Å²) in [6.45, 7) is 4.24. The lowest BCUT2D eigenvalue weighted by Gasteiger charge is -2.20. The van der Waals surface area contributed by atoms with Gasteiger partial charge in [0.2, 0.25) is 0 Å². The Morgan fingerprint density at radius 1 is 1.65 bits per heavy atom. The molecule has 94 valence electrons. The Balaban J connectivity index is 2.05. The Labute approximate surface area is 106 Å². The van der Waals surface area contributed by atoms with Gasteiger partial charge in [0, 0.05) is 13.1 Å². The molecule has 17 heavy (non-hydrogen) atoms. The SMILES string of the molecule is CCCN(CC1CC1)c1ncc(C(=O)OC)s1. The average Bonchev–Trinajstić information content (AvgIpc) is 3.02. The first-order chi connectivity index (χ1) is 8.24. The minimum Gasteiger partial charge on any atom is -0.465 e. The highest BCUT2D eigenvalue weighted by Crippen LogP contribution is 2.32. The Bertz CT molecular complexity index is 388. The zero-order chi connectivity index (χ0) is 12.3. The number of ether oxygens (including phenoxy) is 1. The Morgan fingerprint density at radius 3 is 3.00 bits per heavy atom. The molecule has 1 aliphatic carbocycles. The molecule has 1 aromatic rings. The molecule has 0 unspecified atom stereocenters. The molecule has 1 aromatic heterocycles. The van der Waals surface area contributed by atoms with Crippen LogP contribution in [-0.2, 0) is 4.74 Å². The summed E-state index contributed by atoms with van der Waals surface area (Å²) in [6, 6.07) is 0. The number of hydrogen-bond acceptors (Lipinski definition) is 5. The molecule has 0 spiro atoms. The molecular formula is C12H18N2O2S. The average molecular weight is 254 g/mol. The fourth-order valence-corrected chi connectivity index (χ4v) is 2.62.